The van der Waals surface area contributed by atoms with E-state index in [4.69, 9.17) is 0 Å². The summed E-state index contributed by atoms with van der Waals surface area (Å²) in [5, 5.41) is 12.4. The Hall–Kier alpha value is -3.08. The average molecular weight is 278 g/mol. The van der Waals surface area contributed by atoms with Gasteiger partial charge in [-0.1, -0.05) is 30.3 Å². The molecule has 0 aliphatic rings. The fourth-order valence-corrected chi connectivity index (χ4v) is 1.96. The Morgan fingerprint density at radius 3 is 2.14 bits per heavy atom. The third-order valence-electron chi connectivity index (χ3n) is 2.99. The van der Waals surface area contributed by atoms with E-state index in [0.29, 0.717) is 0 Å². The van der Waals surface area contributed by atoms with Gasteiger partial charge in [0.05, 0.1) is 5.69 Å². The second kappa shape index (κ2) is 5.92. The molecule has 1 aromatic heterocycles. The highest BCUT2D eigenvalue weighted by Crippen LogP contribution is 2.19. The quantitative estimate of drug-likeness (QED) is 0.683. The Morgan fingerprint density at radius 1 is 0.857 bits per heavy atom. The number of rotatable bonds is 3. The molecule has 0 aliphatic carbocycles. The summed E-state index contributed by atoms with van der Waals surface area (Å²) in [5.41, 5.74) is 3.44. The predicted molar refractivity (Wildman–Crippen MR) is 83.1 cm³/mol. The van der Waals surface area contributed by atoms with Crippen molar-refractivity contribution in [1.29, 1.82) is 0 Å². The molecule has 0 fully saturated rings. The van der Waals surface area contributed by atoms with Crippen molar-refractivity contribution in [2.75, 3.05) is 10.6 Å². The number of aromatic amines is 1. The number of anilines is 2. The average Bonchev–Trinajstić information content (AvgIpc) is 3.03. The molecule has 3 aromatic rings. The van der Waals surface area contributed by atoms with Gasteiger partial charge >= 0.3 is 6.03 Å². The lowest BCUT2D eigenvalue weighted by atomic mass is 10.1. The van der Waals surface area contributed by atoms with Gasteiger partial charge in [0.15, 0.2) is 0 Å². The second-order valence-corrected chi connectivity index (χ2v) is 4.49. The monoisotopic (exact) mass is 278 g/mol. The maximum atomic E-state index is 11.9. The normalized spacial score (nSPS) is 10.1. The van der Waals surface area contributed by atoms with Crippen molar-refractivity contribution >= 4 is 17.4 Å². The number of carbonyl (C=O) groups excluding carboxylic acids is 1. The van der Waals surface area contributed by atoms with Gasteiger partial charge in [-0.05, 0) is 35.9 Å². The lowest BCUT2D eigenvalue weighted by Crippen LogP contribution is -2.19. The summed E-state index contributed by atoms with van der Waals surface area (Å²) in [6.07, 6.45) is 1.70. The van der Waals surface area contributed by atoms with Crippen LogP contribution in [0.5, 0.6) is 0 Å². The summed E-state index contributed by atoms with van der Waals surface area (Å²) in [5.74, 6) is 0. The zero-order valence-electron chi connectivity index (χ0n) is 11.2. The fourth-order valence-electron chi connectivity index (χ4n) is 1.96. The number of benzene rings is 2. The molecule has 0 unspecified atom stereocenters. The van der Waals surface area contributed by atoms with Gasteiger partial charge in [-0.3, -0.25) is 5.10 Å². The molecule has 0 aliphatic heterocycles. The Bertz CT molecular complexity index is 706. The molecule has 0 spiro atoms. The zero-order chi connectivity index (χ0) is 14.5. The third-order valence-corrected chi connectivity index (χ3v) is 2.99. The molecule has 0 bridgehead atoms. The van der Waals surface area contributed by atoms with Crippen LogP contribution in [0.4, 0.5) is 16.2 Å². The highest BCUT2D eigenvalue weighted by atomic mass is 16.2. The van der Waals surface area contributed by atoms with E-state index in [1.807, 2.05) is 60.7 Å². The molecule has 2 aromatic carbocycles. The molecular formula is C16H14N4O. The molecule has 5 nitrogen and oxygen atoms in total. The van der Waals surface area contributed by atoms with Gasteiger partial charge in [-0.25, -0.2) is 4.79 Å². The van der Waals surface area contributed by atoms with E-state index in [2.05, 4.69) is 20.8 Å². The molecule has 21 heavy (non-hydrogen) atoms. The summed E-state index contributed by atoms with van der Waals surface area (Å²) in [6.45, 7) is 0. The van der Waals surface area contributed by atoms with E-state index >= 15 is 0 Å². The van der Waals surface area contributed by atoms with Crippen molar-refractivity contribution in [2.24, 2.45) is 0 Å². The van der Waals surface area contributed by atoms with Crippen LogP contribution in [0.1, 0.15) is 0 Å². The number of hydrogen-bond donors (Lipinski definition) is 3. The third kappa shape index (κ3) is 3.27. The predicted octanol–water partition coefficient (Wildman–Crippen LogP) is 3.72. The second-order valence-electron chi connectivity index (χ2n) is 4.49. The van der Waals surface area contributed by atoms with Gasteiger partial charge in [0.2, 0.25) is 0 Å². The van der Waals surface area contributed by atoms with Gasteiger partial charge in [0.1, 0.15) is 0 Å². The SMILES string of the molecule is O=C(Nc1ccccc1)Nc1ccc(-c2ccn[nH]2)cc1. The van der Waals surface area contributed by atoms with Crippen LogP contribution in [0.2, 0.25) is 0 Å². The summed E-state index contributed by atoms with van der Waals surface area (Å²) in [6, 6.07) is 18.5. The van der Waals surface area contributed by atoms with Gasteiger partial charge in [-0.2, -0.15) is 5.10 Å². The minimum atomic E-state index is -0.268. The van der Waals surface area contributed by atoms with E-state index in [9.17, 15) is 4.79 Å². The molecule has 0 atom stereocenters. The van der Waals surface area contributed by atoms with Crippen molar-refractivity contribution in [3.05, 3.63) is 66.9 Å². The number of H-pyrrole nitrogens is 1. The molecule has 104 valence electrons. The first-order chi connectivity index (χ1) is 10.3. The highest BCUT2D eigenvalue weighted by molar-refractivity contribution is 5.99. The van der Waals surface area contributed by atoms with Crippen molar-refractivity contribution in [2.45, 2.75) is 0 Å². The molecule has 2 amide bonds. The number of urea groups is 1. The number of hydrogen-bond acceptors (Lipinski definition) is 2. The van der Waals surface area contributed by atoms with Gasteiger partial charge in [0, 0.05) is 17.6 Å². The van der Waals surface area contributed by atoms with Gasteiger partial charge in [0.25, 0.3) is 0 Å². The van der Waals surface area contributed by atoms with Crippen LogP contribution in [0.15, 0.2) is 66.9 Å². The van der Waals surface area contributed by atoms with Crippen LogP contribution in [-0.4, -0.2) is 16.2 Å². The van der Waals surface area contributed by atoms with Crippen LogP contribution in [0.25, 0.3) is 11.3 Å². The number of nitrogens with one attached hydrogen (secondary N) is 3. The lowest BCUT2D eigenvalue weighted by molar-refractivity contribution is 0.262. The van der Waals surface area contributed by atoms with Gasteiger partial charge < -0.3 is 10.6 Å². The standard InChI is InChI=1S/C16H14N4O/c21-16(18-13-4-2-1-3-5-13)19-14-8-6-12(7-9-14)15-10-11-17-20-15/h1-11H,(H,17,20)(H2,18,19,21). The number of nitrogens with zero attached hydrogens (tertiary/aromatic N) is 1. The topological polar surface area (TPSA) is 69.8 Å². The molecule has 1 heterocycles. The maximum Gasteiger partial charge on any atom is 0.323 e. The summed E-state index contributed by atoms with van der Waals surface area (Å²) in [7, 11) is 0. The highest BCUT2D eigenvalue weighted by Gasteiger charge is 2.03. The number of carbonyl (C=O) groups is 1. The van der Waals surface area contributed by atoms with Crippen LogP contribution in [-0.2, 0) is 0 Å². The van der Waals surface area contributed by atoms with Crippen molar-refractivity contribution in [3.63, 3.8) is 0 Å². The van der Waals surface area contributed by atoms with E-state index in [-0.39, 0.29) is 6.03 Å². The summed E-state index contributed by atoms with van der Waals surface area (Å²) in [4.78, 5) is 11.9. The molecule has 3 N–H and O–H groups in total. The molecule has 0 saturated heterocycles. The van der Waals surface area contributed by atoms with E-state index in [1.165, 1.54) is 0 Å². The van der Waals surface area contributed by atoms with Crippen LogP contribution in [0.3, 0.4) is 0 Å². The number of aromatic nitrogens is 2. The molecular weight excluding hydrogens is 264 g/mol. The Balaban J connectivity index is 1.64. The number of amides is 2. The van der Waals surface area contributed by atoms with Crippen molar-refractivity contribution in [1.82, 2.24) is 10.2 Å². The fraction of sp³-hybridized carbons (Fsp3) is 0. The van der Waals surface area contributed by atoms with E-state index < -0.39 is 0 Å². The van der Waals surface area contributed by atoms with Crippen LogP contribution < -0.4 is 10.6 Å². The summed E-state index contributed by atoms with van der Waals surface area (Å²) < 4.78 is 0. The van der Waals surface area contributed by atoms with Crippen molar-refractivity contribution in [3.8, 4) is 11.3 Å². The van der Waals surface area contributed by atoms with Gasteiger partial charge in [-0.15, -0.1) is 0 Å². The molecule has 5 heteroatoms. The summed E-state index contributed by atoms with van der Waals surface area (Å²) >= 11 is 0. The Morgan fingerprint density at radius 2 is 1.52 bits per heavy atom. The Labute approximate surface area is 122 Å². The molecule has 3 rings (SSSR count). The maximum absolute atomic E-state index is 11.9. The zero-order valence-corrected chi connectivity index (χ0v) is 11.2. The van der Waals surface area contributed by atoms with E-state index in [1.54, 1.807) is 6.20 Å². The van der Waals surface area contributed by atoms with Crippen LogP contribution in [0, 0.1) is 0 Å². The first kappa shape index (κ1) is 12.9. The number of para-hydroxylation sites is 1. The minimum Gasteiger partial charge on any atom is -0.308 e. The van der Waals surface area contributed by atoms with E-state index in [0.717, 1.165) is 22.6 Å². The smallest absolute Gasteiger partial charge is 0.308 e. The Kier molecular flexibility index (Phi) is 3.64. The molecule has 0 saturated carbocycles. The molecule has 0 radical (unpaired) electrons. The van der Waals surface area contributed by atoms with Crippen LogP contribution >= 0.6 is 0 Å². The first-order valence-electron chi connectivity index (χ1n) is 6.54. The largest absolute Gasteiger partial charge is 0.323 e. The minimum absolute atomic E-state index is 0.268. The lowest BCUT2D eigenvalue weighted by Gasteiger charge is -2.08. The first-order valence-corrected chi connectivity index (χ1v) is 6.54. The van der Waals surface area contributed by atoms with Crippen molar-refractivity contribution < 1.29 is 4.79 Å².